The number of aryl methyl sites for hydroxylation is 2. The quantitative estimate of drug-likeness (QED) is 0.633. The topological polar surface area (TPSA) is 66.0 Å². The first-order chi connectivity index (χ1) is 8.50. The normalized spacial score (nSPS) is 19.9. The van der Waals surface area contributed by atoms with Gasteiger partial charge in [0.2, 0.25) is 0 Å². The molecular formula is C13H20N4S. The number of anilines is 1. The summed E-state index contributed by atoms with van der Waals surface area (Å²) in [6.45, 7) is 7.15. The molecule has 1 aromatic heterocycles. The largest absolute Gasteiger partial charge is 0.384 e. The first-order valence-corrected chi connectivity index (χ1v) is 7.33. The standard InChI is InChI=1S/C13H20N4S/c1-8-6-11(12(13(14)15)10(3)16-8)17-4-5-18-7-9(17)2/h6,9H,4-5,7H2,1-3H3,(H3,14,15). The summed E-state index contributed by atoms with van der Waals surface area (Å²) in [6, 6.07) is 2.53. The van der Waals surface area contributed by atoms with E-state index in [2.05, 4.69) is 22.9 Å². The number of nitrogens with two attached hydrogens (primary N) is 1. The zero-order valence-corrected chi connectivity index (χ0v) is 12.0. The van der Waals surface area contributed by atoms with Crippen LogP contribution in [0.1, 0.15) is 23.9 Å². The number of hydrogen-bond donors (Lipinski definition) is 2. The maximum Gasteiger partial charge on any atom is 0.126 e. The van der Waals surface area contributed by atoms with Gasteiger partial charge in [0.05, 0.1) is 16.9 Å². The fraction of sp³-hybridized carbons (Fsp3) is 0.538. The fourth-order valence-electron chi connectivity index (χ4n) is 2.45. The zero-order valence-electron chi connectivity index (χ0n) is 11.2. The van der Waals surface area contributed by atoms with E-state index in [0.717, 1.165) is 40.7 Å². The highest BCUT2D eigenvalue weighted by atomic mass is 32.2. The van der Waals surface area contributed by atoms with Crippen molar-refractivity contribution in [3.63, 3.8) is 0 Å². The Morgan fingerprint density at radius 2 is 2.28 bits per heavy atom. The lowest BCUT2D eigenvalue weighted by molar-refractivity contribution is 0.697. The molecule has 0 aliphatic carbocycles. The second-order valence-electron chi connectivity index (χ2n) is 4.77. The van der Waals surface area contributed by atoms with Gasteiger partial charge < -0.3 is 10.6 Å². The maximum atomic E-state index is 7.78. The van der Waals surface area contributed by atoms with Crippen molar-refractivity contribution in [2.24, 2.45) is 5.73 Å². The minimum Gasteiger partial charge on any atom is -0.384 e. The first kappa shape index (κ1) is 13.2. The van der Waals surface area contributed by atoms with Crippen LogP contribution in [0.15, 0.2) is 6.07 Å². The van der Waals surface area contributed by atoms with Crippen LogP contribution in [-0.4, -0.2) is 34.9 Å². The van der Waals surface area contributed by atoms with Crippen LogP contribution < -0.4 is 10.6 Å². The predicted molar refractivity (Wildman–Crippen MR) is 78.9 cm³/mol. The molecule has 1 unspecified atom stereocenters. The molecule has 0 aromatic carbocycles. The lowest BCUT2D eigenvalue weighted by Gasteiger charge is -2.36. The summed E-state index contributed by atoms with van der Waals surface area (Å²) < 4.78 is 0. The van der Waals surface area contributed by atoms with Gasteiger partial charge in [0, 0.05) is 29.8 Å². The molecule has 0 amide bonds. The summed E-state index contributed by atoms with van der Waals surface area (Å²) in [6.07, 6.45) is 0. The van der Waals surface area contributed by atoms with E-state index in [1.165, 1.54) is 0 Å². The summed E-state index contributed by atoms with van der Waals surface area (Å²) in [7, 11) is 0. The van der Waals surface area contributed by atoms with E-state index in [1.807, 2.05) is 25.6 Å². The van der Waals surface area contributed by atoms with Gasteiger partial charge >= 0.3 is 0 Å². The summed E-state index contributed by atoms with van der Waals surface area (Å²) >= 11 is 1.98. The van der Waals surface area contributed by atoms with Crippen LogP contribution in [0, 0.1) is 19.3 Å². The molecule has 5 heteroatoms. The van der Waals surface area contributed by atoms with Crippen molar-refractivity contribution in [3.05, 3.63) is 23.0 Å². The van der Waals surface area contributed by atoms with E-state index in [4.69, 9.17) is 11.1 Å². The maximum absolute atomic E-state index is 7.78. The summed E-state index contributed by atoms with van der Waals surface area (Å²) in [5.74, 6) is 2.36. The molecular weight excluding hydrogens is 244 g/mol. The highest BCUT2D eigenvalue weighted by Gasteiger charge is 2.23. The third-order valence-corrected chi connectivity index (χ3v) is 4.44. The summed E-state index contributed by atoms with van der Waals surface area (Å²) in [5, 5.41) is 7.78. The van der Waals surface area contributed by atoms with Gasteiger partial charge in [-0.2, -0.15) is 11.8 Å². The molecule has 18 heavy (non-hydrogen) atoms. The molecule has 3 N–H and O–H groups in total. The molecule has 1 aromatic rings. The van der Waals surface area contributed by atoms with E-state index in [0.29, 0.717) is 6.04 Å². The van der Waals surface area contributed by atoms with Crippen molar-refractivity contribution in [2.75, 3.05) is 23.0 Å². The van der Waals surface area contributed by atoms with Crippen molar-refractivity contribution in [1.29, 1.82) is 5.41 Å². The van der Waals surface area contributed by atoms with Crippen LogP contribution in [0.25, 0.3) is 0 Å². The number of rotatable bonds is 2. The van der Waals surface area contributed by atoms with Gasteiger partial charge in [-0.25, -0.2) is 0 Å². The van der Waals surface area contributed by atoms with Crippen molar-refractivity contribution < 1.29 is 0 Å². The van der Waals surface area contributed by atoms with Gasteiger partial charge in [-0.3, -0.25) is 10.4 Å². The van der Waals surface area contributed by atoms with Gasteiger partial charge in [-0.15, -0.1) is 0 Å². The lowest BCUT2D eigenvalue weighted by Crippen LogP contribution is -2.41. The summed E-state index contributed by atoms with van der Waals surface area (Å²) in [5.41, 5.74) is 9.42. The zero-order chi connectivity index (χ0) is 13.3. The molecule has 1 atom stereocenters. The highest BCUT2D eigenvalue weighted by molar-refractivity contribution is 7.99. The van der Waals surface area contributed by atoms with E-state index in [9.17, 15) is 0 Å². The number of hydrogen-bond acceptors (Lipinski definition) is 4. The Kier molecular flexibility index (Phi) is 3.80. The first-order valence-electron chi connectivity index (χ1n) is 6.17. The SMILES string of the molecule is Cc1cc(N2CCSCC2C)c(C(=N)N)c(C)n1. The van der Waals surface area contributed by atoms with E-state index >= 15 is 0 Å². The molecule has 0 bridgehead atoms. The average Bonchev–Trinajstić information content (AvgIpc) is 2.27. The number of nitrogens with zero attached hydrogens (tertiary/aromatic N) is 2. The Bertz CT molecular complexity index is 472. The smallest absolute Gasteiger partial charge is 0.126 e. The van der Waals surface area contributed by atoms with Crippen LogP contribution >= 0.6 is 11.8 Å². The number of aromatic nitrogens is 1. The van der Waals surface area contributed by atoms with Gasteiger partial charge in [0.1, 0.15) is 5.84 Å². The monoisotopic (exact) mass is 264 g/mol. The van der Waals surface area contributed by atoms with E-state index in [1.54, 1.807) is 0 Å². The van der Waals surface area contributed by atoms with Crippen molar-refractivity contribution >= 4 is 23.3 Å². The third-order valence-electron chi connectivity index (χ3n) is 3.25. The molecule has 1 aliphatic rings. The Hall–Kier alpha value is -1.23. The molecule has 2 rings (SSSR count). The second-order valence-corrected chi connectivity index (χ2v) is 5.92. The third kappa shape index (κ3) is 2.46. The van der Waals surface area contributed by atoms with Crippen LogP contribution in [0.2, 0.25) is 0 Å². The molecule has 1 fully saturated rings. The molecule has 4 nitrogen and oxygen atoms in total. The van der Waals surface area contributed by atoms with Gasteiger partial charge in [-0.05, 0) is 26.8 Å². The van der Waals surface area contributed by atoms with Crippen LogP contribution in [0.4, 0.5) is 5.69 Å². The molecule has 98 valence electrons. The molecule has 2 heterocycles. The van der Waals surface area contributed by atoms with E-state index < -0.39 is 0 Å². The number of nitrogens with one attached hydrogen (secondary N) is 1. The highest BCUT2D eigenvalue weighted by Crippen LogP contribution is 2.29. The summed E-state index contributed by atoms with van der Waals surface area (Å²) in [4.78, 5) is 6.78. The Labute approximate surface area is 112 Å². The minimum absolute atomic E-state index is 0.112. The van der Waals surface area contributed by atoms with Crippen LogP contribution in [0.5, 0.6) is 0 Å². The Balaban J connectivity index is 2.50. The lowest BCUT2D eigenvalue weighted by atomic mass is 10.1. The molecule has 0 radical (unpaired) electrons. The van der Waals surface area contributed by atoms with Crippen molar-refractivity contribution in [1.82, 2.24) is 4.98 Å². The van der Waals surface area contributed by atoms with Crippen molar-refractivity contribution in [3.8, 4) is 0 Å². The number of amidine groups is 1. The number of pyridine rings is 1. The van der Waals surface area contributed by atoms with Crippen LogP contribution in [-0.2, 0) is 0 Å². The minimum atomic E-state index is 0.112. The average molecular weight is 264 g/mol. The van der Waals surface area contributed by atoms with Crippen molar-refractivity contribution in [2.45, 2.75) is 26.8 Å². The van der Waals surface area contributed by atoms with Crippen LogP contribution in [0.3, 0.4) is 0 Å². The van der Waals surface area contributed by atoms with Gasteiger partial charge in [0.25, 0.3) is 0 Å². The van der Waals surface area contributed by atoms with E-state index in [-0.39, 0.29) is 5.84 Å². The van der Waals surface area contributed by atoms with Gasteiger partial charge in [-0.1, -0.05) is 0 Å². The predicted octanol–water partition coefficient (Wildman–Crippen LogP) is 1.92. The molecule has 0 spiro atoms. The number of nitrogen functional groups attached to an aromatic ring is 1. The Morgan fingerprint density at radius 1 is 1.56 bits per heavy atom. The molecule has 1 aliphatic heterocycles. The fourth-order valence-corrected chi connectivity index (χ4v) is 3.47. The van der Waals surface area contributed by atoms with Gasteiger partial charge in [0.15, 0.2) is 0 Å². The second kappa shape index (κ2) is 5.18. The molecule has 0 saturated carbocycles. The number of thioether (sulfide) groups is 1. The Morgan fingerprint density at radius 3 is 2.89 bits per heavy atom. The molecule has 1 saturated heterocycles.